The highest BCUT2D eigenvalue weighted by atomic mass is 16.2. The molecule has 1 aliphatic rings. The van der Waals surface area contributed by atoms with Crippen molar-refractivity contribution < 1.29 is 4.79 Å². The van der Waals surface area contributed by atoms with E-state index in [-0.39, 0.29) is 5.56 Å². The van der Waals surface area contributed by atoms with Gasteiger partial charge in [-0.15, -0.1) is 0 Å². The Morgan fingerprint density at radius 2 is 1.61 bits per heavy atom. The van der Waals surface area contributed by atoms with Crippen LogP contribution in [0, 0.1) is 0 Å². The topological polar surface area (TPSA) is 65.2 Å². The van der Waals surface area contributed by atoms with Gasteiger partial charge >= 0.3 is 0 Å². The van der Waals surface area contributed by atoms with Gasteiger partial charge in [-0.25, -0.2) is 0 Å². The monoisotopic (exact) mass is 373 g/mol. The minimum Gasteiger partial charge on any atom is -0.372 e. The fourth-order valence-electron chi connectivity index (χ4n) is 3.66. The van der Waals surface area contributed by atoms with Crippen molar-refractivity contribution in [2.45, 2.75) is 19.3 Å². The van der Waals surface area contributed by atoms with Crippen LogP contribution in [-0.2, 0) is 0 Å². The van der Waals surface area contributed by atoms with Crippen molar-refractivity contribution in [2.75, 3.05) is 23.3 Å². The molecule has 0 unspecified atom stereocenters. The van der Waals surface area contributed by atoms with Gasteiger partial charge in [0, 0.05) is 36.2 Å². The van der Waals surface area contributed by atoms with Crippen molar-refractivity contribution in [1.82, 2.24) is 4.98 Å². The van der Waals surface area contributed by atoms with Crippen molar-refractivity contribution in [3.63, 3.8) is 0 Å². The van der Waals surface area contributed by atoms with E-state index >= 15 is 0 Å². The SMILES string of the molecule is O=C(Nc1ccc(N2CCCCC2)cc1)c1c(-c2ccccc2)cc[nH]c1=O. The number of carbonyl (C=O) groups is 1. The minimum absolute atomic E-state index is 0.119. The van der Waals surface area contributed by atoms with E-state index in [2.05, 4.69) is 15.2 Å². The number of nitrogens with one attached hydrogen (secondary N) is 2. The predicted molar refractivity (Wildman–Crippen MR) is 113 cm³/mol. The van der Waals surface area contributed by atoms with E-state index in [0.29, 0.717) is 11.3 Å². The maximum Gasteiger partial charge on any atom is 0.261 e. The molecule has 0 spiro atoms. The second-order valence-electron chi connectivity index (χ2n) is 7.01. The van der Waals surface area contributed by atoms with Gasteiger partial charge in [-0.1, -0.05) is 30.3 Å². The second-order valence-corrected chi connectivity index (χ2v) is 7.01. The number of rotatable bonds is 4. The molecule has 0 atom stereocenters. The zero-order valence-electron chi connectivity index (χ0n) is 15.7. The zero-order chi connectivity index (χ0) is 19.3. The molecule has 5 heteroatoms. The van der Waals surface area contributed by atoms with Gasteiger partial charge in [0.15, 0.2) is 0 Å². The molecule has 1 aliphatic heterocycles. The van der Waals surface area contributed by atoms with Gasteiger partial charge in [-0.05, 0) is 55.2 Å². The highest BCUT2D eigenvalue weighted by molar-refractivity contribution is 6.08. The normalized spacial score (nSPS) is 13.9. The molecule has 1 amide bonds. The molecule has 2 heterocycles. The lowest BCUT2D eigenvalue weighted by Crippen LogP contribution is -2.29. The van der Waals surface area contributed by atoms with Crippen molar-refractivity contribution in [3.8, 4) is 11.1 Å². The van der Waals surface area contributed by atoms with Gasteiger partial charge in [0.1, 0.15) is 5.56 Å². The Bertz CT molecular complexity index is 1000. The van der Waals surface area contributed by atoms with Crippen LogP contribution in [-0.4, -0.2) is 24.0 Å². The molecule has 0 bridgehead atoms. The first-order valence-corrected chi connectivity index (χ1v) is 9.66. The molecule has 1 aromatic heterocycles. The average Bonchev–Trinajstić information content (AvgIpc) is 2.75. The van der Waals surface area contributed by atoms with E-state index in [4.69, 9.17) is 0 Å². The third-order valence-corrected chi connectivity index (χ3v) is 5.12. The number of carbonyl (C=O) groups excluding carboxylic acids is 1. The number of benzene rings is 2. The lowest BCUT2D eigenvalue weighted by molar-refractivity contribution is 0.102. The number of pyridine rings is 1. The minimum atomic E-state index is -0.411. The number of amides is 1. The summed E-state index contributed by atoms with van der Waals surface area (Å²) in [6.07, 6.45) is 5.30. The van der Waals surface area contributed by atoms with E-state index in [1.807, 2.05) is 54.6 Å². The molecule has 5 nitrogen and oxygen atoms in total. The first-order chi connectivity index (χ1) is 13.7. The average molecular weight is 373 g/mol. The number of hydrogen-bond acceptors (Lipinski definition) is 3. The number of piperidine rings is 1. The van der Waals surface area contributed by atoms with Crippen molar-refractivity contribution in [1.29, 1.82) is 0 Å². The highest BCUT2D eigenvalue weighted by Crippen LogP contribution is 2.24. The molecular weight excluding hydrogens is 350 g/mol. The largest absolute Gasteiger partial charge is 0.372 e. The molecule has 4 rings (SSSR count). The van der Waals surface area contributed by atoms with E-state index in [9.17, 15) is 9.59 Å². The fraction of sp³-hybridized carbons (Fsp3) is 0.217. The summed E-state index contributed by atoms with van der Waals surface area (Å²) in [5.74, 6) is -0.411. The van der Waals surface area contributed by atoms with Crippen LogP contribution in [0.1, 0.15) is 29.6 Å². The summed E-state index contributed by atoms with van der Waals surface area (Å²) >= 11 is 0. The van der Waals surface area contributed by atoms with Gasteiger partial charge in [-0.2, -0.15) is 0 Å². The number of aromatic amines is 1. The quantitative estimate of drug-likeness (QED) is 0.717. The number of aromatic nitrogens is 1. The Labute approximate surface area is 164 Å². The zero-order valence-corrected chi connectivity index (χ0v) is 15.7. The summed E-state index contributed by atoms with van der Waals surface area (Å²) in [5.41, 5.74) is 3.01. The standard InChI is InChI=1S/C23H23N3O2/c27-22-21(20(13-14-24-22)17-7-3-1-4-8-17)23(28)25-18-9-11-19(12-10-18)26-15-5-2-6-16-26/h1,3-4,7-14H,2,5-6,15-16H2,(H,24,27)(H,25,28). The molecule has 2 aromatic carbocycles. The molecule has 1 fully saturated rings. The molecule has 0 saturated carbocycles. The first-order valence-electron chi connectivity index (χ1n) is 9.66. The molecule has 0 radical (unpaired) electrons. The Balaban J connectivity index is 1.57. The number of hydrogen-bond donors (Lipinski definition) is 2. The molecular formula is C23H23N3O2. The summed E-state index contributed by atoms with van der Waals surface area (Å²) in [6, 6.07) is 19.0. The summed E-state index contributed by atoms with van der Waals surface area (Å²) < 4.78 is 0. The fourth-order valence-corrected chi connectivity index (χ4v) is 3.66. The van der Waals surface area contributed by atoms with E-state index < -0.39 is 11.5 Å². The number of anilines is 2. The number of nitrogens with zero attached hydrogens (tertiary/aromatic N) is 1. The Morgan fingerprint density at radius 1 is 0.893 bits per heavy atom. The Morgan fingerprint density at radius 3 is 2.32 bits per heavy atom. The summed E-state index contributed by atoms with van der Waals surface area (Å²) in [7, 11) is 0. The lowest BCUT2D eigenvalue weighted by atomic mass is 10.0. The van der Waals surface area contributed by atoms with Crippen LogP contribution in [0.5, 0.6) is 0 Å². The maximum atomic E-state index is 12.9. The Kier molecular flexibility index (Phi) is 5.24. The summed E-state index contributed by atoms with van der Waals surface area (Å²) in [5, 5.41) is 2.86. The van der Waals surface area contributed by atoms with Gasteiger partial charge in [0.05, 0.1) is 0 Å². The van der Waals surface area contributed by atoms with Gasteiger partial charge < -0.3 is 15.2 Å². The van der Waals surface area contributed by atoms with E-state index in [1.54, 1.807) is 12.3 Å². The van der Waals surface area contributed by atoms with Crippen LogP contribution < -0.4 is 15.8 Å². The van der Waals surface area contributed by atoms with Gasteiger partial charge in [0.2, 0.25) is 0 Å². The lowest BCUT2D eigenvalue weighted by Gasteiger charge is -2.28. The van der Waals surface area contributed by atoms with Crippen molar-refractivity contribution in [2.24, 2.45) is 0 Å². The van der Waals surface area contributed by atoms with Crippen molar-refractivity contribution >= 4 is 17.3 Å². The van der Waals surface area contributed by atoms with E-state index in [0.717, 1.165) is 18.7 Å². The van der Waals surface area contributed by atoms with Crippen LogP contribution in [0.2, 0.25) is 0 Å². The molecule has 1 saturated heterocycles. The molecule has 3 aromatic rings. The molecule has 2 N–H and O–H groups in total. The smallest absolute Gasteiger partial charge is 0.261 e. The van der Waals surface area contributed by atoms with Crippen LogP contribution in [0.15, 0.2) is 71.7 Å². The Hall–Kier alpha value is -3.34. The van der Waals surface area contributed by atoms with Crippen LogP contribution in [0.4, 0.5) is 11.4 Å². The second kappa shape index (κ2) is 8.13. The molecule has 142 valence electrons. The summed E-state index contributed by atoms with van der Waals surface area (Å²) in [6.45, 7) is 2.15. The highest BCUT2D eigenvalue weighted by Gasteiger charge is 2.17. The molecule has 28 heavy (non-hydrogen) atoms. The van der Waals surface area contributed by atoms with Crippen molar-refractivity contribution in [3.05, 3.63) is 82.8 Å². The third-order valence-electron chi connectivity index (χ3n) is 5.12. The molecule has 0 aliphatic carbocycles. The van der Waals surface area contributed by atoms with Crippen LogP contribution in [0.25, 0.3) is 11.1 Å². The van der Waals surface area contributed by atoms with Crippen LogP contribution >= 0.6 is 0 Å². The van der Waals surface area contributed by atoms with Crippen LogP contribution in [0.3, 0.4) is 0 Å². The maximum absolute atomic E-state index is 12.9. The summed E-state index contributed by atoms with van der Waals surface area (Å²) in [4.78, 5) is 30.2. The van der Waals surface area contributed by atoms with Gasteiger partial charge in [0.25, 0.3) is 11.5 Å². The third kappa shape index (κ3) is 3.83. The van der Waals surface area contributed by atoms with Gasteiger partial charge in [-0.3, -0.25) is 9.59 Å². The predicted octanol–water partition coefficient (Wildman–Crippen LogP) is 4.28. The van der Waals surface area contributed by atoms with E-state index in [1.165, 1.54) is 24.9 Å². The number of H-pyrrole nitrogens is 1. The first kappa shape index (κ1) is 18.0.